The van der Waals surface area contributed by atoms with Gasteiger partial charge in [-0.1, -0.05) is 18.9 Å². The van der Waals surface area contributed by atoms with Gasteiger partial charge < -0.3 is 9.80 Å². The smallest absolute Gasteiger partial charge is 0.267 e. The Morgan fingerprint density at radius 1 is 1.19 bits per heavy atom. The molecule has 2 aliphatic rings. The summed E-state index contributed by atoms with van der Waals surface area (Å²) in [6.45, 7) is 5.87. The van der Waals surface area contributed by atoms with E-state index in [-0.39, 0.29) is 35.7 Å². The van der Waals surface area contributed by atoms with Crippen molar-refractivity contribution in [2.75, 3.05) is 13.1 Å². The van der Waals surface area contributed by atoms with Crippen LogP contribution in [0.15, 0.2) is 23.0 Å². The molecule has 4 rings (SSSR count). The van der Waals surface area contributed by atoms with Crippen LogP contribution >= 0.6 is 0 Å². The molecule has 0 bridgehead atoms. The SMILES string of the molecule is Cc1c(Cc2ccc(F)c(C(=O)N3CC(=O)N(C4CCCC4)[C@@H](C)C3)c2)n[nH]c(=O)c1C. The van der Waals surface area contributed by atoms with Crippen LogP contribution in [0.1, 0.15) is 65.3 Å². The average molecular weight is 441 g/mol. The first-order chi connectivity index (χ1) is 15.3. The highest BCUT2D eigenvalue weighted by molar-refractivity contribution is 5.97. The summed E-state index contributed by atoms with van der Waals surface area (Å²) < 4.78 is 14.6. The summed E-state index contributed by atoms with van der Waals surface area (Å²) in [5.74, 6) is -1.15. The number of benzene rings is 1. The van der Waals surface area contributed by atoms with Crippen LogP contribution in [0.5, 0.6) is 0 Å². The summed E-state index contributed by atoms with van der Waals surface area (Å²) in [6, 6.07) is 4.57. The van der Waals surface area contributed by atoms with E-state index < -0.39 is 11.7 Å². The molecule has 1 atom stereocenters. The predicted octanol–water partition coefficient (Wildman–Crippen LogP) is 2.73. The highest BCUT2D eigenvalue weighted by Crippen LogP contribution is 2.28. The van der Waals surface area contributed by atoms with E-state index in [0.29, 0.717) is 29.8 Å². The van der Waals surface area contributed by atoms with Crippen LogP contribution in [0.4, 0.5) is 4.39 Å². The number of hydrogen-bond donors (Lipinski definition) is 1. The lowest BCUT2D eigenvalue weighted by Crippen LogP contribution is -2.59. The minimum Gasteiger partial charge on any atom is -0.334 e. The van der Waals surface area contributed by atoms with Crippen LogP contribution in [0.3, 0.4) is 0 Å². The molecule has 2 aromatic rings. The number of amides is 2. The van der Waals surface area contributed by atoms with Gasteiger partial charge in [-0.05, 0) is 56.9 Å². The molecule has 0 unspecified atom stereocenters. The molecule has 1 aliphatic carbocycles. The number of hydrogen-bond acceptors (Lipinski definition) is 4. The topological polar surface area (TPSA) is 86.4 Å². The number of carbonyl (C=O) groups is 2. The minimum atomic E-state index is -0.612. The Hall–Kier alpha value is -3.03. The molecule has 1 N–H and O–H groups in total. The molecule has 0 spiro atoms. The lowest BCUT2D eigenvalue weighted by Gasteiger charge is -2.42. The molecule has 1 aromatic carbocycles. The van der Waals surface area contributed by atoms with Crippen molar-refractivity contribution in [3.05, 3.63) is 62.3 Å². The van der Waals surface area contributed by atoms with Gasteiger partial charge in [0.05, 0.1) is 11.3 Å². The van der Waals surface area contributed by atoms with Crippen molar-refractivity contribution in [2.24, 2.45) is 0 Å². The second-order valence-electron chi connectivity index (χ2n) is 9.01. The zero-order valence-electron chi connectivity index (χ0n) is 18.8. The van der Waals surface area contributed by atoms with Gasteiger partial charge in [-0.3, -0.25) is 14.4 Å². The number of halogens is 1. The quantitative estimate of drug-likeness (QED) is 0.792. The van der Waals surface area contributed by atoms with E-state index in [1.54, 1.807) is 13.0 Å². The Morgan fingerprint density at radius 3 is 2.59 bits per heavy atom. The van der Waals surface area contributed by atoms with Crippen LogP contribution in [0, 0.1) is 19.7 Å². The van der Waals surface area contributed by atoms with E-state index in [1.807, 2.05) is 18.7 Å². The van der Waals surface area contributed by atoms with Crippen molar-refractivity contribution in [2.45, 2.75) is 65.0 Å². The first kappa shape index (κ1) is 22.2. The monoisotopic (exact) mass is 440 g/mol. The van der Waals surface area contributed by atoms with Crippen LogP contribution in [0.25, 0.3) is 0 Å². The molecule has 1 aliphatic heterocycles. The zero-order valence-corrected chi connectivity index (χ0v) is 18.8. The largest absolute Gasteiger partial charge is 0.334 e. The third-order valence-electron chi connectivity index (χ3n) is 6.84. The van der Waals surface area contributed by atoms with Gasteiger partial charge in [0, 0.05) is 30.6 Å². The van der Waals surface area contributed by atoms with E-state index in [0.717, 1.165) is 31.2 Å². The van der Waals surface area contributed by atoms with E-state index in [1.165, 1.54) is 17.0 Å². The third kappa shape index (κ3) is 4.18. The van der Waals surface area contributed by atoms with Gasteiger partial charge in [-0.15, -0.1) is 0 Å². The number of aromatic amines is 1. The molecule has 1 saturated carbocycles. The lowest BCUT2D eigenvalue weighted by atomic mass is 10.0. The van der Waals surface area contributed by atoms with Gasteiger partial charge in [0.25, 0.3) is 11.5 Å². The molecule has 1 saturated heterocycles. The van der Waals surface area contributed by atoms with Gasteiger partial charge in [-0.2, -0.15) is 5.10 Å². The summed E-state index contributed by atoms with van der Waals surface area (Å²) in [5, 5.41) is 6.58. The summed E-state index contributed by atoms with van der Waals surface area (Å²) in [6.07, 6.45) is 4.64. The molecule has 7 nitrogen and oxygen atoms in total. The summed E-state index contributed by atoms with van der Waals surface area (Å²) in [5.41, 5.74) is 2.45. The van der Waals surface area contributed by atoms with Gasteiger partial charge in [-0.25, -0.2) is 9.49 Å². The van der Waals surface area contributed by atoms with Crippen LogP contribution < -0.4 is 5.56 Å². The molecule has 1 aromatic heterocycles. The van der Waals surface area contributed by atoms with Crippen molar-refractivity contribution in [3.8, 4) is 0 Å². The maximum atomic E-state index is 14.6. The normalized spacial score (nSPS) is 19.6. The first-order valence-electron chi connectivity index (χ1n) is 11.2. The number of H-pyrrole nitrogens is 1. The molecule has 0 radical (unpaired) electrons. The molecule has 170 valence electrons. The van der Waals surface area contributed by atoms with Crippen molar-refractivity contribution < 1.29 is 14.0 Å². The molecule has 8 heteroatoms. The van der Waals surface area contributed by atoms with Crippen LogP contribution in [0.2, 0.25) is 0 Å². The van der Waals surface area contributed by atoms with Gasteiger partial charge in [0.1, 0.15) is 12.4 Å². The maximum absolute atomic E-state index is 14.6. The number of rotatable bonds is 4. The van der Waals surface area contributed by atoms with Crippen molar-refractivity contribution in [3.63, 3.8) is 0 Å². The van der Waals surface area contributed by atoms with Crippen molar-refractivity contribution >= 4 is 11.8 Å². The van der Waals surface area contributed by atoms with Gasteiger partial charge >= 0.3 is 0 Å². The van der Waals surface area contributed by atoms with E-state index >= 15 is 0 Å². The Kier molecular flexibility index (Phi) is 6.13. The minimum absolute atomic E-state index is 0.0247. The number of nitrogens with one attached hydrogen (secondary N) is 1. The fraction of sp³-hybridized carbons (Fsp3) is 0.500. The third-order valence-corrected chi connectivity index (χ3v) is 6.84. The van der Waals surface area contributed by atoms with Gasteiger partial charge in [0.2, 0.25) is 5.91 Å². The predicted molar refractivity (Wildman–Crippen MR) is 118 cm³/mol. The summed E-state index contributed by atoms with van der Waals surface area (Å²) in [7, 11) is 0. The molecular formula is C24H29FN4O3. The van der Waals surface area contributed by atoms with E-state index in [2.05, 4.69) is 10.2 Å². The molecule has 2 amide bonds. The van der Waals surface area contributed by atoms with E-state index in [9.17, 15) is 18.8 Å². The van der Waals surface area contributed by atoms with Crippen LogP contribution in [-0.4, -0.2) is 57.0 Å². The average Bonchev–Trinajstić information content (AvgIpc) is 3.28. The molecule has 32 heavy (non-hydrogen) atoms. The highest BCUT2D eigenvalue weighted by atomic mass is 19.1. The summed E-state index contributed by atoms with van der Waals surface area (Å²) >= 11 is 0. The zero-order chi connectivity index (χ0) is 23.0. The Morgan fingerprint density at radius 2 is 1.91 bits per heavy atom. The first-order valence-corrected chi connectivity index (χ1v) is 11.2. The molecular weight excluding hydrogens is 411 g/mol. The number of aromatic nitrogens is 2. The Balaban J connectivity index is 1.54. The van der Waals surface area contributed by atoms with Crippen molar-refractivity contribution in [1.29, 1.82) is 0 Å². The Labute approximate surface area is 186 Å². The number of piperazine rings is 1. The lowest BCUT2D eigenvalue weighted by molar-refractivity contribution is -0.141. The fourth-order valence-electron chi connectivity index (χ4n) is 4.92. The number of nitrogens with zero attached hydrogens (tertiary/aromatic N) is 3. The van der Waals surface area contributed by atoms with Crippen molar-refractivity contribution in [1.82, 2.24) is 20.0 Å². The molecule has 2 fully saturated rings. The van der Waals surface area contributed by atoms with Crippen LogP contribution in [-0.2, 0) is 11.2 Å². The van der Waals surface area contributed by atoms with Gasteiger partial charge in [0.15, 0.2) is 0 Å². The second-order valence-corrected chi connectivity index (χ2v) is 9.01. The molecule has 2 heterocycles. The number of carbonyl (C=O) groups excluding carboxylic acids is 2. The fourth-order valence-corrected chi connectivity index (χ4v) is 4.92. The van der Waals surface area contributed by atoms with E-state index in [4.69, 9.17) is 0 Å². The highest BCUT2D eigenvalue weighted by Gasteiger charge is 2.38. The maximum Gasteiger partial charge on any atom is 0.267 e. The second kappa shape index (κ2) is 8.84. The standard InChI is InChI=1S/C24H29FN4O3/c1-14-12-28(13-22(30)29(14)18-6-4-5-7-18)24(32)19-10-17(8-9-20(19)25)11-21-15(2)16(3)23(31)27-26-21/h8-10,14,18H,4-7,11-13H2,1-3H3,(H,27,31)/t14-/m0/s1. The Bertz CT molecular complexity index is 1110. The summed E-state index contributed by atoms with van der Waals surface area (Å²) in [4.78, 5) is 41.1.